The topological polar surface area (TPSA) is 102 Å². The SMILES string of the molecule is CCOc1ccc2[nH]c(C(=O)NN=Cc3ccc(OC(=O)c4ccc(Cl)cc4)c(OCC)c3)c(-c3ccccc3Cl)c2c1. The maximum Gasteiger partial charge on any atom is 0.343 e. The molecule has 1 amide bonds. The number of carbonyl (C=O) groups is 2. The third-order valence-corrected chi connectivity index (χ3v) is 6.96. The standard InChI is InChI=1S/C33H27Cl2N3O5/c1-3-41-23-14-15-27-25(18-23)30(24-7-5-6-8-26(24)35)31(37-27)32(39)38-36-19-20-9-16-28(29(17-20)42-4-2)43-33(40)21-10-12-22(34)13-11-21/h5-19,37H,3-4H2,1-2H3,(H,38,39). The largest absolute Gasteiger partial charge is 0.494 e. The molecule has 0 spiro atoms. The first kappa shape index (κ1) is 29.7. The average molecular weight is 617 g/mol. The summed E-state index contributed by atoms with van der Waals surface area (Å²) in [5.41, 5.74) is 5.93. The summed E-state index contributed by atoms with van der Waals surface area (Å²) in [6, 6.07) is 24.2. The van der Waals surface area contributed by atoms with E-state index in [1.165, 1.54) is 6.21 Å². The number of fused-ring (bicyclic) bond motifs is 1. The van der Waals surface area contributed by atoms with E-state index in [0.717, 1.165) is 10.9 Å². The van der Waals surface area contributed by atoms with E-state index < -0.39 is 11.9 Å². The Morgan fingerprint density at radius 2 is 1.65 bits per heavy atom. The Morgan fingerprint density at radius 3 is 2.40 bits per heavy atom. The number of carbonyl (C=O) groups excluding carboxylic acids is 2. The maximum absolute atomic E-state index is 13.4. The van der Waals surface area contributed by atoms with E-state index in [0.29, 0.717) is 62.7 Å². The third kappa shape index (κ3) is 6.83. The van der Waals surface area contributed by atoms with Gasteiger partial charge in [0.2, 0.25) is 0 Å². The van der Waals surface area contributed by atoms with Crippen molar-refractivity contribution in [3.63, 3.8) is 0 Å². The minimum atomic E-state index is -0.549. The van der Waals surface area contributed by atoms with E-state index in [4.69, 9.17) is 37.4 Å². The molecule has 5 rings (SSSR count). The summed E-state index contributed by atoms with van der Waals surface area (Å²) in [6.07, 6.45) is 1.47. The zero-order chi connectivity index (χ0) is 30.3. The second kappa shape index (κ2) is 13.5. The number of hydrogen-bond acceptors (Lipinski definition) is 6. The first-order valence-electron chi connectivity index (χ1n) is 13.5. The number of nitrogens with one attached hydrogen (secondary N) is 2. The van der Waals surface area contributed by atoms with Gasteiger partial charge < -0.3 is 19.2 Å². The lowest BCUT2D eigenvalue weighted by molar-refractivity contribution is 0.0728. The molecule has 0 atom stereocenters. The van der Waals surface area contributed by atoms with Crippen LogP contribution in [0.1, 0.15) is 40.3 Å². The number of hydrazone groups is 1. The fourth-order valence-electron chi connectivity index (χ4n) is 4.47. The van der Waals surface area contributed by atoms with Crippen LogP contribution in [0.15, 0.2) is 90.0 Å². The zero-order valence-corrected chi connectivity index (χ0v) is 24.8. The summed E-state index contributed by atoms with van der Waals surface area (Å²) in [5.74, 6) is 0.268. The van der Waals surface area contributed by atoms with Gasteiger partial charge in [-0.3, -0.25) is 4.79 Å². The summed E-state index contributed by atoms with van der Waals surface area (Å²) in [7, 11) is 0. The highest BCUT2D eigenvalue weighted by Crippen LogP contribution is 2.38. The van der Waals surface area contributed by atoms with E-state index >= 15 is 0 Å². The first-order valence-corrected chi connectivity index (χ1v) is 14.2. The van der Waals surface area contributed by atoms with E-state index in [2.05, 4.69) is 15.5 Å². The summed E-state index contributed by atoms with van der Waals surface area (Å²) in [4.78, 5) is 29.2. The predicted octanol–water partition coefficient (Wildman–Crippen LogP) is 7.92. The molecule has 0 aliphatic carbocycles. The number of H-pyrrole nitrogens is 1. The number of rotatable bonds is 10. The first-order chi connectivity index (χ1) is 20.9. The maximum atomic E-state index is 13.4. The molecular formula is C33H27Cl2N3O5. The van der Waals surface area contributed by atoms with Crippen molar-refractivity contribution in [2.75, 3.05) is 13.2 Å². The molecule has 0 unspecified atom stereocenters. The minimum Gasteiger partial charge on any atom is -0.494 e. The summed E-state index contributed by atoms with van der Waals surface area (Å²) >= 11 is 12.5. The van der Waals surface area contributed by atoms with Crippen LogP contribution >= 0.6 is 23.2 Å². The molecule has 2 N–H and O–H groups in total. The number of ether oxygens (including phenoxy) is 3. The van der Waals surface area contributed by atoms with Gasteiger partial charge in [-0.05, 0) is 86.1 Å². The Hall–Kier alpha value is -4.79. The van der Waals surface area contributed by atoms with E-state index in [1.807, 2.05) is 50.2 Å². The van der Waals surface area contributed by atoms with Crippen molar-refractivity contribution >= 4 is 52.2 Å². The molecule has 10 heteroatoms. The van der Waals surface area contributed by atoms with Crippen LogP contribution in [0.5, 0.6) is 17.2 Å². The molecule has 0 fully saturated rings. The van der Waals surface area contributed by atoms with Crippen molar-refractivity contribution < 1.29 is 23.8 Å². The number of aromatic nitrogens is 1. The van der Waals surface area contributed by atoms with Gasteiger partial charge in [0.25, 0.3) is 5.91 Å². The third-order valence-electron chi connectivity index (χ3n) is 6.38. The molecule has 0 aliphatic rings. The van der Waals surface area contributed by atoms with Crippen molar-refractivity contribution in [3.8, 4) is 28.4 Å². The number of halogens is 2. The average Bonchev–Trinajstić information content (AvgIpc) is 3.38. The van der Waals surface area contributed by atoms with Crippen molar-refractivity contribution in [1.82, 2.24) is 10.4 Å². The Labute approximate surface area is 258 Å². The molecule has 4 aromatic carbocycles. The van der Waals surface area contributed by atoms with Gasteiger partial charge in [-0.2, -0.15) is 5.10 Å². The van der Waals surface area contributed by atoms with E-state index in [-0.39, 0.29) is 5.75 Å². The smallest absolute Gasteiger partial charge is 0.343 e. The molecule has 0 radical (unpaired) electrons. The van der Waals surface area contributed by atoms with Crippen LogP contribution in [-0.2, 0) is 0 Å². The quantitative estimate of drug-likeness (QED) is 0.0719. The van der Waals surface area contributed by atoms with Gasteiger partial charge in [0, 0.05) is 32.1 Å². The van der Waals surface area contributed by atoms with Gasteiger partial charge in [-0.15, -0.1) is 0 Å². The predicted molar refractivity (Wildman–Crippen MR) is 169 cm³/mol. The molecule has 0 saturated carbocycles. The highest BCUT2D eigenvalue weighted by molar-refractivity contribution is 6.34. The zero-order valence-electron chi connectivity index (χ0n) is 23.3. The molecule has 218 valence electrons. The lowest BCUT2D eigenvalue weighted by atomic mass is 10.0. The van der Waals surface area contributed by atoms with E-state index in [1.54, 1.807) is 48.5 Å². The van der Waals surface area contributed by atoms with Gasteiger partial charge in [0.15, 0.2) is 11.5 Å². The fourth-order valence-corrected chi connectivity index (χ4v) is 4.82. The number of benzene rings is 4. The number of amides is 1. The molecule has 1 heterocycles. The van der Waals surface area contributed by atoms with Gasteiger partial charge in [-0.1, -0.05) is 41.4 Å². The number of esters is 1. The van der Waals surface area contributed by atoms with Crippen molar-refractivity contribution in [2.45, 2.75) is 13.8 Å². The summed E-state index contributed by atoms with van der Waals surface area (Å²) in [5, 5.41) is 5.97. The van der Waals surface area contributed by atoms with Crippen LogP contribution in [0.2, 0.25) is 10.0 Å². The van der Waals surface area contributed by atoms with Crippen LogP contribution in [-0.4, -0.2) is 36.3 Å². The molecular weight excluding hydrogens is 589 g/mol. The number of nitrogens with zero attached hydrogens (tertiary/aromatic N) is 1. The van der Waals surface area contributed by atoms with Gasteiger partial charge in [0.1, 0.15) is 11.4 Å². The van der Waals surface area contributed by atoms with Crippen LogP contribution in [0, 0.1) is 0 Å². The molecule has 0 saturated heterocycles. The van der Waals surface area contributed by atoms with Crippen molar-refractivity contribution in [1.29, 1.82) is 0 Å². The fraction of sp³-hybridized carbons (Fsp3) is 0.121. The normalized spacial score (nSPS) is 11.1. The lowest BCUT2D eigenvalue weighted by Gasteiger charge is -2.11. The minimum absolute atomic E-state index is 0.247. The highest BCUT2D eigenvalue weighted by Gasteiger charge is 2.21. The van der Waals surface area contributed by atoms with Crippen LogP contribution in [0.4, 0.5) is 0 Å². The molecule has 1 aromatic heterocycles. The van der Waals surface area contributed by atoms with Gasteiger partial charge in [-0.25, -0.2) is 10.2 Å². The highest BCUT2D eigenvalue weighted by atomic mass is 35.5. The Bertz CT molecular complexity index is 1820. The van der Waals surface area contributed by atoms with E-state index in [9.17, 15) is 9.59 Å². The molecule has 0 bridgehead atoms. The van der Waals surface area contributed by atoms with Crippen LogP contribution in [0.25, 0.3) is 22.0 Å². The lowest BCUT2D eigenvalue weighted by Crippen LogP contribution is -2.19. The molecule has 0 aliphatic heterocycles. The number of aromatic amines is 1. The Kier molecular flexibility index (Phi) is 9.29. The summed E-state index contributed by atoms with van der Waals surface area (Å²) < 4.78 is 16.9. The molecule has 43 heavy (non-hydrogen) atoms. The Morgan fingerprint density at radius 1 is 0.884 bits per heavy atom. The van der Waals surface area contributed by atoms with Crippen LogP contribution in [0.3, 0.4) is 0 Å². The monoisotopic (exact) mass is 615 g/mol. The van der Waals surface area contributed by atoms with Crippen LogP contribution < -0.4 is 19.6 Å². The van der Waals surface area contributed by atoms with Gasteiger partial charge in [0.05, 0.1) is 25.0 Å². The Balaban J connectivity index is 1.38. The second-order valence-corrected chi connectivity index (χ2v) is 10.1. The molecule has 8 nitrogen and oxygen atoms in total. The molecule has 5 aromatic rings. The number of hydrogen-bond donors (Lipinski definition) is 2. The van der Waals surface area contributed by atoms with Crippen molar-refractivity contribution in [2.24, 2.45) is 5.10 Å². The van der Waals surface area contributed by atoms with Gasteiger partial charge >= 0.3 is 5.97 Å². The van der Waals surface area contributed by atoms with Crippen molar-refractivity contribution in [3.05, 3.63) is 112 Å². The second-order valence-electron chi connectivity index (χ2n) is 9.23. The summed E-state index contributed by atoms with van der Waals surface area (Å²) in [6.45, 7) is 4.58.